The summed E-state index contributed by atoms with van der Waals surface area (Å²) in [6.07, 6.45) is -1.40. The molecule has 1 saturated heterocycles. The van der Waals surface area contributed by atoms with Crippen LogP contribution in [0.25, 0.3) is 0 Å². The highest BCUT2D eigenvalue weighted by molar-refractivity contribution is 5.33. The summed E-state index contributed by atoms with van der Waals surface area (Å²) in [6, 6.07) is 0.611. The van der Waals surface area contributed by atoms with Crippen LogP contribution in [0, 0.1) is 0 Å². The Labute approximate surface area is 102 Å². The lowest BCUT2D eigenvalue weighted by Gasteiger charge is -2.25. The number of alkyl halides is 1. The zero-order valence-electron chi connectivity index (χ0n) is 9.72. The van der Waals surface area contributed by atoms with Crippen molar-refractivity contribution in [3.05, 3.63) is 28.0 Å². The summed E-state index contributed by atoms with van der Waals surface area (Å²) in [7, 11) is 0. The monoisotopic (exact) mass is 258 g/mol. The van der Waals surface area contributed by atoms with Gasteiger partial charge in [0.15, 0.2) is 11.5 Å². The summed E-state index contributed by atoms with van der Waals surface area (Å²) in [6.45, 7) is 0.747. The third-order valence-corrected chi connectivity index (χ3v) is 3.34. The van der Waals surface area contributed by atoms with Crippen molar-refractivity contribution >= 4 is 0 Å². The first kappa shape index (κ1) is 13.0. The van der Waals surface area contributed by atoms with Gasteiger partial charge in [-0.05, 0) is 13.0 Å². The number of aliphatic hydroxyl groups is 2. The summed E-state index contributed by atoms with van der Waals surface area (Å²) in [5, 5.41) is 31.1. The normalized spacial score (nSPS) is 35.9. The SMILES string of the molecule is CC1(F)C(c2ccc(=O)[nH]c2O)NC(CO)C1O. The van der Waals surface area contributed by atoms with E-state index in [1.807, 2.05) is 0 Å². The van der Waals surface area contributed by atoms with Crippen molar-refractivity contribution < 1.29 is 19.7 Å². The van der Waals surface area contributed by atoms with E-state index in [4.69, 9.17) is 5.11 Å². The summed E-state index contributed by atoms with van der Waals surface area (Å²) in [5.74, 6) is -0.449. The summed E-state index contributed by atoms with van der Waals surface area (Å²) >= 11 is 0. The highest BCUT2D eigenvalue weighted by Crippen LogP contribution is 2.41. The van der Waals surface area contributed by atoms with E-state index in [2.05, 4.69) is 10.3 Å². The fraction of sp³-hybridized carbons (Fsp3) is 0.545. The third-order valence-electron chi connectivity index (χ3n) is 3.34. The number of halogens is 1. The lowest BCUT2D eigenvalue weighted by Crippen LogP contribution is -2.39. The van der Waals surface area contributed by atoms with Gasteiger partial charge >= 0.3 is 0 Å². The minimum Gasteiger partial charge on any atom is -0.494 e. The maximum atomic E-state index is 14.4. The first-order chi connectivity index (χ1) is 8.37. The third kappa shape index (κ3) is 1.90. The van der Waals surface area contributed by atoms with Crippen molar-refractivity contribution in [1.29, 1.82) is 0 Å². The van der Waals surface area contributed by atoms with Crippen LogP contribution in [0.3, 0.4) is 0 Å². The summed E-state index contributed by atoms with van der Waals surface area (Å²) < 4.78 is 14.4. The second kappa shape index (κ2) is 4.34. The molecule has 0 bridgehead atoms. The zero-order chi connectivity index (χ0) is 13.5. The van der Waals surface area contributed by atoms with E-state index in [0.717, 1.165) is 6.07 Å². The molecule has 0 amide bonds. The van der Waals surface area contributed by atoms with Gasteiger partial charge < -0.3 is 15.3 Å². The number of hydrogen-bond donors (Lipinski definition) is 5. The predicted octanol–water partition coefficient (Wildman–Crippen LogP) is -0.825. The van der Waals surface area contributed by atoms with Gasteiger partial charge in [-0.15, -0.1) is 0 Å². The van der Waals surface area contributed by atoms with Crippen LogP contribution in [0.4, 0.5) is 4.39 Å². The molecule has 4 unspecified atom stereocenters. The van der Waals surface area contributed by atoms with E-state index in [-0.39, 0.29) is 5.56 Å². The van der Waals surface area contributed by atoms with Gasteiger partial charge in [0.25, 0.3) is 5.56 Å². The van der Waals surface area contributed by atoms with Gasteiger partial charge in [-0.3, -0.25) is 15.1 Å². The predicted molar refractivity (Wildman–Crippen MR) is 61.0 cm³/mol. The molecule has 7 heteroatoms. The minimum atomic E-state index is -2.07. The Morgan fingerprint density at radius 3 is 2.67 bits per heavy atom. The van der Waals surface area contributed by atoms with Crippen LogP contribution in [0.1, 0.15) is 18.5 Å². The molecular weight excluding hydrogens is 243 g/mol. The Kier molecular flexibility index (Phi) is 3.14. The molecule has 1 aliphatic rings. The Balaban J connectivity index is 2.42. The number of aromatic hydroxyl groups is 1. The Bertz CT molecular complexity index is 502. The average molecular weight is 258 g/mol. The Morgan fingerprint density at radius 2 is 2.17 bits per heavy atom. The van der Waals surface area contributed by atoms with Crippen LogP contribution >= 0.6 is 0 Å². The smallest absolute Gasteiger partial charge is 0.250 e. The van der Waals surface area contributed by atoms with Gasteiger partial charge in [-0.1, -0.05) is 0 Å². The lowest BCUT2D eigenvalue weighted by atomic mass is 9.90. The average Bonchev–Trinajstić information content (AvgIpc) is 2.52. The van der Waals surface area contributed by atoms with Gasteiger partial charge in [-0.2, -0.15) is 0 Å². The van der Waals surface area contributed by atoms with Crippen LogP contribution in [-0.2, 0) is 0 Å². The molecule has 1 aliphatic heterocycles. The number of pyridine rings is 1. The highest BCUT2D eigenvalue weighted by Gasteiger charge is 2.53. The second-order valence-corrected chi connectivity index (χ2v) is 4.61. The summed E-state index contributed by atoms with van der Waals surface area (Å²) in [4.78, 5) is 13.1. The molecule has 1 fully saturated rings. The first-order valence-corrected chi connectivity index (χ1v) is 5.54. The molecule has 5 N–H and O–H groups in total. The molecule has 1 aromatic heterocycles. The van der Waals surface area contributed by atoms with Crippen LogP contribution in [-0.4, -0.2) is 44.7 Å². The molecular formula is C11H15FN2O4. The molecule has 1 aromatic rings. The molecule has 0 aromatic carbocycles. The molecule has 6 nitrogen and oxygen atoms in total. The van der Waals surface area contributed by atoms with E-state index >= 15 is 0 Å². The number of aromatic nitrogens is 1. The van der Waals surface area contributed by atoms with Gasteiger partial charge in [-0.25, -0.2) is 4.39 Å². The Hall–Kier alpha value is -1.44. The van der Waals surface area contributed by atoms with Gasteiger partial charge in [0.2, 0.25) is 0 Å². The molecule has 18 heavy (non-hydrogen) atoms. The Morgan fingerprint density at radius 1 is 1.50 bits per heavy atom. The summed E-state index contributed by atoms with van der Waals surface area (Å²) in [5.41, 5.74) is -2.44. The van der Waals surface area contributed by atoms with Crippen LogP contribution in [0.5, 0.6) is 5.88 Å². The van der Waals surface area contributed by atoms with Gasteiger partial charge in [0.1, 0.15) is 6.10 Å². The van der Waals surface area contributed by atoms with Crippen molar-refractivity contribution in [3.8, 4) is 5.88 Å². The molecule has 0 radical (unpaired) electrons. The van der Waals surface area contributed by atoms with Crippen LogP contribution in [0.2, 0.25) is 0 Å². The number of aromatic amines is 1. The molecule has 0 saturated carbocycles. The van der Waals surface area contributed by atoms with Crippen LogP contribution in [0.15, 0.2) is 16.9 Å². The first-order valence-electron chi connectivity index (χ1n) is 5.54. The molecule has 0 spiro atoms. The van der Waals surface area contributed by atoms with E-state index in [9.17, 15) is 19.4 Å². The number of H-pyrrole nitrogens is 1. The topological polar surface area (TPSA) is 106 Å². The number of nitrogens with one attached hydrogen (secondary N) is 2. The molecule has 4 atom stereocenters. The highest BCUT2D eigenvalue weighted by atomic mass is 19.1. The van der Waals surface area contributed by atoms with E-state index < -0.39 is 41.9 Å². The fourth-order valence-corrected chi connectivity index (χ4v) is 2.29. The standard InChI is InChI=1S/C11H15FN2O4/c1-11(12)8(13-6(4-15)9(11)17)5-2-3-7(16)14-10(5)18/h2-3,6,8-9,13,15,17H,4H2,1H3,(H2,14,16,18). The fourth-order valence-electron chi connectivity index (χ4n) is 2.29. The van der Waals surface area contributed by atoms with Crippen molar-refractivity contribution in [2.75, 3.05) is 6.61 Å². The van der Waals surface area contributed by atoms with Crippen molar-refractivity contribution in [1.82, 2.24) is 10.3 Å². The number of rotatable bonds is 2. The van der Waals surface area contributed by atoms with Crippen molar-refractivity contribution in [2.45, 2.75) is 30.8 Å². The lowest BCUT2D eigenvalue weighted by molar-refractivity contribution is 0.00468. The van der Waals surface area contributed by atoms with Gasteiger partial charge in [0, 0.05) is 11.6 Å². The van der Waals surface area contributed by atoms with E-state index in [0.29, 0.717) is 0 Å². The molecule has 2 rings (SSSR count). The zero-order valence-corrected chi connectivity index (χ0v) is 9.72. The number of hydrogen-bond acceptors (Lipinski definition) is 5. The van der Waals surface area contributed by atoms with E-state index in [1.54, 1.807) is 0 Å². The maximum Gasteiger partial charge on any atom is 0.250 e. The van der Waals surface area contributed by atoms with Crippen LogP contribution < -0.4 is 10.9 Å². The minimum absolute atomic E-state index is 0.134. The van der Waals surface area contributed by atoms with E-state index in [1.165, 1.54) is 13.0 Å². The molecule has 2 heterocycles. The van der Waals surface area contributed by atoms with Crippen molar-refractivity contribution in [2.24, 2.45) is 0 Å². The molecule has 0 aliphatic carbocycles. The number of aliphatic hydroxyl groups excluding tert-OH is 2. The quantitative estimate of drug-likeness (QED) is 0.476. The maximum absolute atomic E-state index is 14.4. The van der Waals surface area contributed by atoms with Gasteiger partial charge in [0.05, 0.1) is 18.7 Å². The van der Waals surface area contributed by atoms with Crippen molar-refractivity contribution in [3.63, 3.8) is 0 Å². The largest absolute Gasteiger partial charge is 0.494 e. The second-order valence-electron chi connectivity index (χ2n) is 4.61. The molecule has 100 valence electrons.